The Labute approximate surface area is 201 Å². The summed E-state index contributed by atoms with van der Waals surface area (Å²) in [6, 6.07) is 8.11. The number of carbonyl (C=O) groups is 1. The summed E-state index contributed by atoms with van der Waals surface area (Å²) in [7, 11) is 1.05. The van der Waals surface area contributed by atoms with Crippen molar-refractivity contribution in [2.24, 2.45) is 0 Å². The van der Waals surface area contributed by atoms with Gasteiger partial charge in [0.25, 0.3) is 0 Å². The molecule has 3 aromatic rings. The maximum Gasteiger partial charge on any atom is 0.496 e. The number of methoxy groups -OCH3 is 2. The van der Waals surface area contributed by atoms with Gasteiger partial charge in [-0.05, 0) is 65.1 Å². The van der Waals surface area contributed by atoms with E-state index in [1.54, 1.807) is 24.3 Å². The van der Waals surface area contributed by atoms with Gasteiger partial charge in [-0.25, -0.2) is 4.98 Å². The third kappa shape index (κ3) is 4.98. The molecular formula is C25H24BFN2O6. The fraction of sp³-hybridized carbons (Fsp3) is 0.200. The number of nitrogens with one attached hydrogen (secondary N) is 1. The molecule has 1 aliphatic rings. The number of halogens is 1. The van der Waals surface area contributed by atoms with Crippen molar-refractivity contribution in [3.63, 3.8) is 0 Å². The van der Waals surface area contributed by atoms with Crippen LogP contribution in [0.25, 0.3) is 17.2 Å². The molecule has 1 aliphatic carbocycles. The lowest BCUT2D eigenvalue weighted by molar-refractivity contribution is -0.120. The third-order valence-electron chi connectivity index (χ3n) is 5.86. The smallest absolute Gasteiger partial charge is 0.496 e. The van der Waals surface area contributed by atoms with Crippen molar-refractivity contribution in [3.05, 3.63) is 76.8 Å². The lowest BCUT2D eigenvalue weighted by atomic mass is 9.78. The molecule has 1 amide bonds. The standard InChI is InChI=1S/C25H24BFN2O6/c1-14-17(7-15-8-21(33-2)25(26(31)32)22(9-15)34-3)20-13-28-23(27)10-19(20)18(14)11-24(30)29-12-16-5-4-6-35-16/h4-10,13,31-32H,11-12H2,1-3H3,(H,29,30). The minimum atomic E-state index is -1.78. The number of rotatable bonds is 8. The first-order valence-electron chi connectivity index (χ1n) is 10.8. The van der Waals surface area contributed by atoms with E-state index in [0.29, 0.717) is 28.0 Å². The van der Waals surface area contributed by atoms with Crippen LogP contribution in [0.4, 0.5) is 4.39 Å². The number of amides is 1. The van der Waals surface area contributed by atoms with Crippen molar-refractivity contribution in [1.82, 2.24) is 10.3 Å². The van der Waals surface area contributed by atoms with E-state index in [-0.39, 0.29) is 35.8 Å². The van der Waals surface area contributed by atoms with E-state index >= 15 is 0 Å². The number of hydrogen-bond acceptors (Lipinski definition) is 7. The molecule has 0 unspecified atom stereocenters. The molecule has 4 rings (SSSR count). The molecule has 2 aromatic heterocycles. The third-order valence-corrected chi connectivity index (χ3v) is 5.86. The number of hydrogen-bond donors (Lipinski definition) is 3. The Balaban J connectivity index is 1.72. The highest BCUT2D eigenvalue weighted by atomic mass is 19.1. The Morgan fingerprint density at radius 3 is 2.51 bits per heavy atom. The SMILES string of the molecule is COc1cc(C=C2C(C)=C(CC(=O)NCc3ccco3)c3cc(F)ncc32)cc(OC)c1B(O)O. The number of ether oxygens (including phenoxy) is 2. The van der Waals surface area contributed by atoms with Crippen LogP contribution in [0.5, 0.6) is 11.5 Å². The van der Waals surface area contributed by atoms with Gasteiger partial charge in [0.05, 0.1) is 38.9 Å². The molecule has 2 heterocycles. The highest BCUT2D eigenvalue weighted by Gasteiger charge is 2.28. The molecular weight excluding hydrogens is 454 g/mol. The summed E-state index contributed by atoms with van der Waals surface area (Å²) >= 11 is 0. The second-order valence-electron chi connectivity index (χ2n) is 7.96. The van der Waals surface area contributed by atoms with Crippen molar-refractivity contribution in [2.75, 3.05) is 14.2 Å². The van der Waals surface area contributed by atoms with Gasteiger partial charge >= 0.3 is 7.12 Å². The fourth-order valence-electron chi connectivity index (χ4n) is 4.16. The topological polar surface area (TPSA) is 114 Å². The van der Waals surface area contributed by atoms with E-state index in [0.717, 1.165) is 11.1 Å². The van der Waals surface area contributed by atoms with Crippen LogP contribution in [0.3, 0.4) is 0 Å². The maximum atomic E-state index is 14.1. The Kier molecular flexibility index (Phi) is 7.04. The van der Waals surface area contributed by atoms with Crippen LogP contribution in [0.2, 0.25) is 0 Å². The number of pyridine rings is 1. The predicted octanol–water partition coefficient (Wildman–Crippen LogP) is 2.54. The van der Waals surface area contributed by atoms with Gasteiger partial charge in [-0.3, -0.25) is 4.79 Å². The number of furan rings is 1. The molecule has 0 aliphatic heterocycles. The van der Waals surface area contributed by atoms with E-state index in [4.69, 9.17) is 13.9 Å². The van der Waals surface area contributed by atoms with Gasteiger partial charge in [-0.1, -0.05) is 0 Å². The molecule has 10 heteroatoms. The molecule has 0 saturated heterocycles. The fourth-order valence-corrected chi connectivity index (χ4v) is 4.16. The average molecular weight is 478 g/mol. The summed E-state index contributed by atoms with van der Waals surface area (Å²) in [6.07, 6.45) is 4.85. The van der Waals surface area contributed by atoms with Crippen molar-refractivity contribution < 1.29 is 33.1 Å². The highest BCUT2D eigenvalue weighted by Crippen LogP contribution is 2.43. The number of nitrogens with zero attached hydrogens (tertiary/aromatic N) is 1. The molecule has 0 fully saturated rings. The minimum absolute atomic E-state index is 0.0443. The summed E-state index contributed by atoms with van der Waals surface area (Å²) in [5.41, 5.74) is 4.26. The summed E-state index contributed by atoms with van der Waals surface area (Å²) in [4.78, 5) is 16.5. The van der Waals surface area contributed by atoms with Crippen LogP contribution in [0.1, 0.15) is 35.8 Å². The zero-order valence-electron chi connectivity index (χ0n) is 19.5. The first-order valence-corrected chi connectivity index (χ1v) is 10.8. The second kappa shape index (κ2) is 10.2. The zero-order valence-corrected chi connectivity index (χ0v) is 19.5. The first kappa shape index (κ1) is 24.2. The van der Waals surface area contributed by atoms with Gasteiger partial charge < -0.3 is 29.3 Å². The van der Waals surface area contributed by atoms with E-state index < -0.39 is 13.1 Å². The van der Waals surface area contributed by atoms with Crippen LogP contribution >= 0.6 is 0 Å². The molecule has 8 nitrogen and oxygen atoms in total. The molecule has 0 bridgehead atoms. The van der Waals surface area contributed by atoms with Gasteiger partial charge in [0.2, 0.25) is 11.9 Å². The quantitative estimate of drug-likeness (QED) is 0.337. The Hall–Kier alpha value is -3.89. The van der Waals surface area contributed by atoms with Gasteiger partial charge in [0, 0.05) is 17.8 Å². The normalized spacial score (nSPS) is 13.7. The van der Waals surface area contributed by atoms with E-state index in [1.807, 2.05) is 13.0 Å². The van der Waals surface area contributed by atoms with E-state index in [9.17, 15) is 19.2 Å². The van der Waals surface area contributed by atoms with E-state index in [2.05, 4.69) is 10.3 Å². The average Bonchev–Trinajstić information content (AvgIpc) is 3.44. The van der Waals surface area contributed by atoms with Crippen molar-refractivity contribution >= 4 is 35.7 Å². The molecule has 0 radical (unpaired) electrons. The van der Waals surface area contributed by atoms with Gasteiger partial charge in [0.15, 0.2) is 0 Å². The van der Waals surface area contributed by atoms with Crippen LogP contribution in [0, 0.1) is 5.95 Å². The first-order chi connectivity index (χ1) is 16.8. The second-order valence-corrected chi connectivity index (χ2v) is 7.96. The minimum Gasteiger partial charge on any atom is -0.497 e. The predicted molar refractivity (Wildman–Crippen MR) is 129 cm³/mol. The van der Waals surface area contributed by atoms with Crippen LogP contribution in [-0.2, 0) is 11.3 Å². The Bertz CT molecular complexity index is 1290. The molecule has 0 spiro atoms. The summed E-state index contributed by atoms with van der Waals surface area (Å²) < 4.78 is 30.0. The number of fused-ring (bicyclic) bond motifs is 1. The number of carbonyl (C=O) groups excluding carboxylic acids is 1. The Morgan fingerprint density at radius 2 is 1.91 bits per heavy atom. The molecule has 35 heavy (non-hydrogen) atoms. The van der Waals surface area contributed by atoms with Gasteiger partial charge in [0.1, 0.15) is 17.3 Å². The molecule has 1 aromatic carbocycles. The zero-order chi connectivity index (χ0) is 25.1. The van der Waals surface area contributed by atoms with Gasteiger partial charge in [-0.15, -0.1) is 0 Å². The molecule has 0 atom stereocenters. The van der Waals surface area contributed by atoms with Crippen LogP contribution < -0.4 is 20.3 Å². The summed E-state index contributed by atoms with van der Waals surface area (Å²) in [6.45, 7) is 2.11. The Morgan fingerprint density at radius 1 is 1.20 bits per heavy atom. The largest absolute Gasteiger partial charge is 0.497 e. The maximum absolute atomic E-state index is 14.1. The summed E-state index contributed by atoms with van der Waals surface area (Å²) in [5.74, 6) is 0.230. The molecule has 0 saturated carbocycles. The highest BCUT2D eigenvalue weighted by molar-refractivity contribution is 6.61. The summed E-state index contributed by atoms with van der Waals surface area (Å²) in [5, 5.41) is 22.3. The number of benzene rings is 1. The van der Waals surface area contributed by atoms with E-state index in [1.165, 1.54) is 32.7 Å². The lowest BCUT2D eigenvalue weighted by Crippen LogP contribution is -2.32. The van der Waals surface area contributed by atoms with Gasteiger partial charge in [-0.2, -0.15) is 4.39 Å². The molecule has 3 N–H and O–H groups in total. The molecule has 180 valence electrons. The number of aromatic nitrogens is 1. The van der Waals surface area contributed by atoms with Crippen molar-refractivity contribution in [3.8, 4) is 11.5 Å². The number of allylic oxidation sites excluding steroid dienone is 2. The lowest BCUT2D eigenvalue weighted by Gasteiger charge is -2.14. The van der Waals surface area contributed by atoms with Crippen LogP contribution in [0.15, 0.2) is 52.8 Å². The van der Waals surface area contributed by atoms with Crippen LogP contribution in [-0.4, -0.2) is 42.3 Å². The monoisotopic (exact) mass is 478 g/mol. The van der Waals surface area contributed by atoms with Crippen molar-refractivity contribution in [2.45, 2.75) is 19.9 Å². The van der Waals surface area contributed by atoms with Crippen molar-refractivity contribution in [1.29, 1.82) is 0 Å².